The Morgan fingerprint density at radius 3 is 2.44 bits per heavy atom. The average molecular weight is 335 g/mol. The second-order valence-electron chi connectivity index (χ2n) is 5.33. The number of carbonyl (C=O) groups is 1. The summed E-state index contributed by atoms with van der Waals surface area (Å²) in [6.45, 7) is 1.85. The van der Waals surface area contributed by atoms with Crippen LogP contribution in [0.1, 0.15) is 16.1 Å². The molecule has 1 N–H and O–H groups in total. The molecule has 6 heteroatoms. The average Bonchev–Trinajstić information content (AvgIpc) is 2.64. The minimum absolute atomic E-state index is 0.231. The van der Waals surface area contributed by atoms with Gasteiger partial charge in [0.2, 0.25) is 5.88 Å². The summed E-state index contributed by atoms with van der Waals surface area (Å²) in [7, 11) is 1.59. The van der Waals surface area contributed by atoms with E-state index in [2.05, 4.69) is 15.5 Å². The van der Waals surface area contributed by atoms with Gasteiger partial charge in [-0.05, 0) is 55.5 Å². The Labute approximate surface area is 145 Å². The van der Waals surface area contributed by atoms with Crippen molar-refractivity contribution in [3.05, 3.63) is 71.9 Å². The first-order valence-electron chi connectivity index (χ1n) is 7.68. The number of aromatic nitrogens is 2. The van der Waals surface area contributed by atoms with E-state index in [1.54, 1.807) is 61.7 Å². The second kappa shape index (κ2) is 7.44. The number of ether oxygens (including phenoxy) is 2. The van der Waals surface area contributed by atoms with E-state index in [1.807, 2.05) is 13.0 Å². The van der Waals surface area contributed by atoms with Crippen molar-refractivity contribution in [3.63, 3.8) is 0 Å². The fraction of sp³-hybridized carbons (Fsp3) is 0.105. The fourth-order valence-electron chi connectivity index (χ4n) is 2.14. The molecule has 0 aliphatic rings. The lowest BCUT2D eigenvalue weighted by Crippen LogP contribution is -2.11. The molecular weight excluding hydrogens is 318 g/mol. The van der Waals surface area contributed by atoms with Gasteiger partial charge in [0.15, 0.2) is 0 Å². The summed E-state index contributed by atoms with van der Waals surface area (Å²) in [5.41, 5.74) is 1.97. The Morgan fingerprint density at radius 2 is 1.76 bits per heavy atom. The molecule has 6 nitrogen and oxygen atoms in total. The smallest absolute Gasteiger partial charge is 0.255 e. The number of nitrogens with zero attached hydrogens (tertiary/aromatic N) is 2. The van der Waals surface area contributed by atoms with E-state index in [9.17, 15) is 4.79 Å². The number of aryl methyl sites for hydroxylation is 1. The summed E-state index contributed by atoms with van der Waals surface area (Å²) in [5.74, 6) is 1.39. The van der Waals surface area contributed by atoms with Crippen LogP contribution < -0.4 is 14.8 Å². The number of hydrogen-bond donors (Lipinski definition) is 1. The number of benzene rings is 2. The zero-order chi connectivity index (χ0) is 17.6. The van der Waals surface area contributed by atoms with Crippen molar-refractivity contribution in [2.45, 2.75) is 6.92 Å². The minimum Gasteiger partial charge on any atom is -0.497 e. The molecule has 0 bridgehead atoms. The van der Waals surface area contributed by atoms with Gasteiger partial charge >= 0.3 is 0 Å². The maximum absolute atomic E-state index is 12.4. The molecule has 25 heavy (non-hydrogen) atoms. The first-order chi connectivity index (χ1) is 12.1. The van der Waals surface area contributed by atoms with E-state index in [-0.39, 0.29) is 5.91 Å². The van der Waals surface area contributed by atoms with Gasteiger partial charge in [0.25, 0.3) is 5.91 Å². The number of carbonyl (C=O) groups excluding carboxylic acids is 1. The molecule has 0 radical (unpaired) electrons. The first-order valence-corrected chi connectivity index (χ1v) is 7.68. The molecule has 0 saturated carbocycles. The molecule has 3 aromatic rings. The van der Waals surface area contributed by atoms with Gasteiger partial charge < -0.3 is 14.8 Å². The Hall–Kier alpha value is -3.41. The largest absolute Gasteiger partial charge is 0.497 e. The van der Waals surface area contributed by atoms with E-state index in [4.69, 9.17) is 9.47 Å². The van der Waals surface area contributed by atoms with Gasteiger partial charge in [-0.3, -0.25) is 4.79 Å². The predicted molar refractivity (Wildman–Crippen MR) is 94.2 cm³/mol. The highest BCUT2D eigenvalue weighted by Gasteiger charge is 2.08. The maximum Gasteiger partial charge on any atom is 0.255 e. The molecule has 3 rings (SSSR count). The predicted octanol–water partition coefficient (Wildman–Crippen LogP) is 3.84. The summed E-state index contributed by atoms with van der Waals surface area (Å²) in [5, 5.41) is 10.7. The third-order valence-electron chi connectivity index (χ3n) is 3.44. The number of amides is 1. The lowest BCUT2D eigenvalue weighted by Gasteiger charge is -2.08. The third kappa shape index (κ3) is 4.32. The molecular formula is C19H17N3O3. The van der Waals surface area contributed by atoms with Crippen molar-refractivity contribution in [2.75, 3.05) is 12.4 Å². The SMILES string of the molecule is COc1ccc(NC(=O)c2cccc(Oc3ccc(C)nn3)c2)cc1. The van der Waals surface area contributed by atoms with Gasteiger partial charge in [0, 0.05) is 17.3 Å². The van der Waals surface area contributed by atoms with Crippen LogP contribution in [0.15, 0.2) is 60.7 Å². The van der Waals surface area contributed by atoms with E-state index < -0.39 is 0 Å². The monoisotopic (exact) mass is 335 g/mol. The number of anilines is 1. The van der Waals surface area contributed by atoms with Gasteiger partial charge in [-0.2, -0.15) is 5.10 Å². The molecule has 0 fully saturated rings. The Kier molecular flexibility index (Phi) is 4.89. The molecule has 0 aliphatic carbocycles. The summed E-state index contributed by atoms with van der Waals surface area (Å²) in [6.07, 6.45) is 0. The molecule has 1 aromatic heterocycles. The van der Waals surface area contributed by atoms with E-state index in [0.29, 0.717) is 22.9 Å². The maximum atomic E-state index is 12.4. The van der Waals surface area contributed by atoms with Crippen molar-refractivity contribution in [3.8, 4) is 17.4 Å². The molecule has 126 valence electrons. The number of nitrogens with one attached hydrogen (secondary N) is 1. The molecule has 0 aliphatic heterocycles. The fourth-order valence-corrected chi connectivity index (χ4v) is 2.14. The van der Waals surface area contributed by atoms with Gasteiger partial charge in [0.05, 0.1) is 12.8 Å². The van der Waals surface area contributed by atoms with Crippen LogP contribution in [-0.4, -0.2) is 23.2 Å². The number of rotatable bonds is 5. The van der Waals surface area contributed by atoms with E-state index in [0.717, 1.165) is 11.4 Å². The van der Waals surface area contributed by atoms with Crippen LogP contribution in [0, 0.1) is 6.92 Å². The molecule has 0 unspecified atom stereocenters. The minimum atomic E-state index is -0.231. The molecule has 0 saturated heterocycles. The van der Waals surface area contributed by atoms with E-state index >= 15 is 0 Å². The summed E-state index contributed by atoms with van der Waals surface area (Å²) >= 11 is 0. The van der Waals surface area contributed by atoms with Gasteiger partial charge in [-0.1, -0.05) is 6.07 Å². The van der Waals surface area contributed by atoms with Crippen molar-refractivity contribution in [2.24, 2.45) is 0 Å². The van der Waals surface area contributed by atoms with Crippen LogP contribution >= 0.6 is 0 Å². The Morgan fingerprint density at radius 1 is 0.960 bits per heavy atom. The van der Waals surface area contributed by atoms with Crippen LogP contribution in [-0.2, 0) is 0 Å². The quantitative estimate of drug-likeness (QED) is 0.767. The number of hydrogen-bond acceptors (Lipinski definition) is 5. The zero-order valence-corrected chi connectivity index (χ0v) is 13.9. The zero-order valence-electron chi connectivity index (χ0n) is 13.9. The Bertz CT molecular complexity index is 862. The van der Waals surface area contributed by atoms with Crippen molar-refractivity contribution in [1.82, 2.24) is 10.2 Å². The lowest BCUT2D eigenvalue weighted by molar-refractivity contribution is 0.102. The topological polar surface area (TPSA) is 73.3 Å². The highest BCUT2D eigenvalue weighted by molar-refractivity contribution is 6.04. The van der Waals surface area contributed by atoms with Crippen LogP contribution in [0.4, 0.5) is 5.69 Å². The van der Waals surface area contributed by atoms with Gasteiger partial charge in [-0.25, -0.2) is 0 Å². The Balaban J connectivity index is 1.71. The normalized spacial score (nSPS) is 10.2. The third-order valence-corrected chi connectivity index (χ3v) is 3.44. The number of methoxy groups -OCH3 is 1. The van der Waals surface area contributed by atoms with Crippen LogP contribution in [0.25, 0.3) is 0 Å². The molecule has 0 atom stereocenters. The van der Waals surface area contributed by atoms with Crippen LogP contribution in [0.2, 0.25) is 0 Å². The second-order valence-corrected chi connectivity index (χ2v) is 5.33. The van der Waals surface area contributed by atoms with Gasteiger partial charge in [-0.15, -0.1) is 5.10 Å². The van der Waals surface area contributed by atoms with Crippen molar-refractivity contribution in [1.29, 1.82) is 0 Å². The highest BCUT2D eigenvalue weighted by Crippen LogP contribution is 2.21. The van der Waals surface area contributed by atoms with Crippen LogP contribution in [0.3, 0.4) is 0 Å². The molecule has 0 spiro atoms. The first kappa shape index (κ1) is 16.4. The van der Waals surface area contributed by atoms with Crippen molar-refractivity contribution >= 4 is 11.6 Å². The molecule has 2 aromatic carbocycles. The standard InChI is InChI=1S/C19H17N3O3/c1-13-6-11-18(22-21-13)25-17-5-3-4-14(12-17)19(23)20-15-7-9-16(24-2)10-8-15/h3-12H,1-2H3,(H,20,23). The van der Waals surface area contributed by atoms with Gasteiger partial charge in [0.1, 0.15) is 11.5 Å². The highest BCUT2D eigenvalue weighted by atomic mass is 16.5. The summed E-state index contributed by atoms with van der Waals surface area (Å²) < 4.78 is 10.7. The summed E-state index contributed by atoms with van der Waals surface area (Å²) in [6, 6.07) is 17.5. The summed E-state index contributed by atoms with van der Waals surface area (Å²) in [4.78, 5) is 12.4. The lowest BCUT2D eigenvalue weighted by atomic mass is 10.2. The molecule has 1 heterocycles. The van der Waals surface area contributed by atoms with Crippen LogP contribution in [0.5, 0.6) is 17.4 Å². The van der Waals surface area contributed by atoms with Crippen molar-refractivity contribution < 1.29 is 14.3 Å². The van der Waals surface area contributed by atoms with E-state index in [1.165, 1.54) is 0 Å². The molecule has 1 amide bonds.